The highest BCUT2D eigenvalue weighted by Crippen LogP contribution is 2.29. The molecule has 0 aromatic heterocycles. The summed E-state index contributed by atoms with van der Waals surface area (Å²) in [4.78, 5) is 12.2. The van der Waals surface area contributed by atoms with Crippen LogP contribution in [0.1, 0.15) is 11.6 Å². The zero-order chi connectivity index (χ0) is 18.0. The number of halogens is 2. The molecule has 0 aliphatic carbocycles. The van der Waals surface area contributed by atoms with Crippen molar-refractivity contribution < 1.29 is 13.2 Å². The van der Waals surface area contributed by atoms with Crippen LogP contribution in [0.25, 0.3) is 0 Å². The zero-order valence-corrected chi connectivity index (χ0v) is 15.0. The van der Waals surface area contributed by atoms with Crippen molar-refractivity contribution in [1.29, 1.82) is 0 Å². The van der Waals surface area contributed by atoms with Gasteiger partial charge in [-0.3, -0.25) is 0 Å². The van der Waals surface area contributed by atoms with E-state index < -0.39 is 22.1 Å². The van der Waals surface area contributed by atoms with Crippen molar-refractivity contribution in [2.24, 2.45) is 0 Å². The van der Waals surface area contributed by atoms with E-state index in [0.717, 1.165) is 5.56 Å². The van der Waals surface area contributed by atoms with Crippen molar-refractivity contribution >= 4 is 39.3 Å². The van der Waals surface area contributed by atoms with Crippen molar-refractivity contribution in [3.05, 3.63) is 76.4 Å². The standard InChI is InChI=1S/C16H13Cl2N3O3S/c17-12-7-4-8-14(15(12)18)25(23,24)20-16(22)21-13(9-10-19-21)11-5-2-1-3-6-11/h1-10,13,19H,(H,20,22). The van der Waals surface area contributed by atoms with Gasteiger partial charge in [0.2, 0.25) is 0 Å². The summed E-state index contributed by atoms with van der Waals surface area (Å²) in [5.41, 5.74) is 3.55. The van der Waals surface area contributed by atoms with E-state index in [9.17, 15) is 13.2 Å². The van der Waals surface area contributed by atoms with E-state index in [-0.39, 0.29) is 14.9 Å². The van der Waals surface area contributed by atoms with Gasteiger partial charge in [-0.1, -0.05) is 59.6 Å². The van der Waals surface area contributed by atoms with Gasteiger partial charge in [0, 0.05) is 6.20 Å². The number of rotatable bonds is 3. The lowest BCUT2D eigenvalue weighted by Crippen LogP contribution is -2.47. The number of carbonyl (C=O) groups excluding carboxylic acids is 1. The molecule has 0 radical (unpaired) electrons. The Morgan fingerprint density at radius 2 is 1.80 bits per heavy atom. The fourth-order valence-corrected chi connectivity index (χ4v) is 4.09. The highest BCUT2D eigenvalue weighted by Gasteiger charge is 2.30. The van der Waals surface area contributed by atoms with Gasteiger partial charge in [0.05, 0.1) is 16.1 Å². The number of nitrogens with zero attached hydrogens (tertiary/aromatic N) is 1. The lowest BCUT2D eigenvalue weighted by atomic mass is 10.1. The number of hydrogen-bond donors (Lipinski definition) is 2. The molecule has 1 aliphatic heterocycles. The SMILES string of the molecule is O=C(NS(=O)(=O)c1cccc(Cl)c1Cl)N1NC=CC1c1ccccc1. The summed E-state index contributed by atoms with van der Waals surface area (Å²) < 4.78 is 26.9. The highest BCUT2D eigenvalue weighted by atomic mass is 35.5. The predicted octanol–water partition coefficient (Wildman–Crippen LogP) is 3.47. The average Bonchev–Trinajstić information content (AvgIpc) is 3.07. The summed E-state index contributed by atoms with van der Waals surface area (Å²) >= 11 is 11.8. The van der Waals surface area contributed by atoms with Crippen LogP contribution in [0.4, 0.5) is 4.79 Å². The predicted molar refractivity (Wildman–Crippen MR) is 95.5 cm³/mol. The summed E-state index contributed by atoms with van der Waals surface area (Å²) in [6, 6.07) is 12.1. The first-order chi connectivity index (χ1) is 11.9. The van der Waals surface area contributed by atoms with Gasteiger partial charge < -0.3 is 5.43 Å². The summed E-state index contributed by atoms with van der Waals surface area (Å²) in [5, 5.41) is 1.11. The van der Waals surface area contributed by atoms with Crippen molar-refractivity contribution in [3.8, 4) is 0 Å². The van der Waals surface area contributed by atoms with Crippen LogP contribution < -0.4 is 10.1 Å². The molecule has 2 amide bonds. The minimum absolute atomic E-state index is 0.0834. The second-order valence-electron chi connectivity index (χ2n) is 5.18. The van der Waals surface area contributed by atoms with Crippen LogP contribution in [0.5, 0.6) is 0 Å². The van der Waals surface area contributed by atoms with Gasteiger partial charge >= 0.3 is 6.03 Å². The van der Waals surface area contributed by atoms with Crippen LogP contribution in [0.3, 0.4) is 0 Å². The molecule has 9 heteroatoms. The third-order valence-corrected chi connectivity index (χ3v) is 5.85. The molecule has 0 spiro atoms. The molecule has 2 aromatic carbocycles. The first kappa shape index (κ1) is 17.6. The van der Waals surface area contributed by atoms with Crippen LogP contribution >= 0.6 is 23.2 Å². The topological polar surface area (TPSA) is 78.5 Å². The third-order valence-electron chi connectivity index (χ3n) is 3.56. The fourth-order valence-electron chi connectivity index (χ4n) is 2.39. The van der Waals surface area contributed by atoms with E-state index in [4.69, 9.17) is 23.2 Å². The molecule has 6 nitrogen and oxygen atoms in total. The van der Waals surface area contributed by atoms with E-state index in [1.165, 1.54) is 23.2 Å². The Kier molecular flexibility index (Phi) is 4.89. The van der Waals surface area contributed by atoms with Crippen molar-refractivity contribution in [2.75, 3.05) is 0 Å². The summed E-state index contributed by atoms with van der Waals surface area (Å²) in [6.07, 6.45) is 3.31. The molecule has 3 rings (SSSR count). The van der Waals surface area contributed by atoms with Crippen LogP contribution in [-0.2, 0) is 10.0 Å². The largest absolute Gasteiger partial charge is 0.350 e. The number of hydrazine groups is 1. The molecule has 0 bridgehead atoms. The molecule has 0 fully saturated rings. The maximum atomic E-state index is 12.5. The molecule has 2 aromatic rings. The van der Waals surface area contributed by atoms with Crippen molar-refractivity contribution in [1.82, 2.24) is 15.2 Å². The lowest BCUT2D eigenvalue weighted by Gasteiger charge is -2.25. The van der Waals surface area contributed by atoms with Gasteiger partial charge in [0.25, 0.3) is 10.0 Å². The molecule has 0 saturated heterocycles. The first-order valence-corrected chi connectivity index (χ1v) is 9.42. The Morgan fingerprint density at radius 1 is 1.08 bits per heavy atom. The molecular weight excluding hydrogens is 385 g/mol. The Bertz CT molecular complexity index is 933. The number of nitrogens with one attached hydrogen (secondary N) is 2. The number of benzene rings is 2. The van der Waals surface area contributed by atoms with Gasteiger partial charge in [-0.25, -0.2) is 22.9 Å². The van der Waals surface area contributed by atoms with Gasteiger partial charge in [0.15, 0.2) is 0 Å². The quantitative estimate of drug-likeness (QED) is 0.830. The van der Waals surface area contributed by atoms with E-state index in [1.54, 1.807) is 12.3 Å². The summed E-state index contributed by atoms with van der Waals surface area (Å²) in [7, 11) is -4.18. The Balaban J connectivity index is 1.83. The van der Waals surface area contributed by atoms with E-state index in [1.807, 2.05) is 35.1 Å². The highest BCUT2D eigenvalue weighted by molar-refractivity contribution is 7.90. The summed E-state index contributed by atoms with van der Waals surface area (Å²) in [5.74, 6) is 0. The van der Waals surface area contributed by atoms with Crippen molar-refractivity contribution in [3.63, 3.8) is 0 Å². The number of hydrogen-bond acceptors (Lipinski definition) is 4. The Hall–Kier alpha value is -2.22. The zero-order valence-electron chi connectivity index (χ0n) is 12.7. The molecule has 1 atom stereocenters. The van der Waals surface area contributed by atoms with Gasteiger partial charge in [-0.2, -0.15) is 0 Å². The van der Waals surface area contributed by atoms with Crippen LogP contribution in [0, 0.1) is 0 Å². The van der Waals surface area contributed by atoms with Gasteiger partial charge in [-0.15, -0.1) is 0 Å². The molecular formula is C16H13Cl2N3O3S. The maximum Gasteiger partial charge on any atom is 0.350 e. The van der Waals surface area contributed by atoms with E-state index in [2.05, 4.69) is 5.43 Å². The van der Waals surface area contributed by atoms with Gasteiger partial charge in [0.1, 0.15) is 4.90 Å². The van der Waals surface area contributed by atoms with Crippen LogP contribution in [0.2, 0.25) is 10.0 Å². The molecule has 1 aliphatic rings. The normalized spacial score (nSPS) is 16.6. The smallest absolute Gasteiger partial charge is 0.301 e. The molecule has 1 heterocycles. The first-order valence-electron chi connectivity index (χ1n) is 7.18. The number of amides is 2. The van der Waals surface area contributed by atoms with E-state index >= 15 is 0 Å². The molecule has 25 heavy (non-hydrogen) atoms. The Morgan fingerprint density at radius 3 is 2.52 bits per heavy atom. The second kappa shape index (κ2) is 6.95. The molecule has 1 unspecified atom stereocenters. The van der Waals surface area contributed by atoms with Crippen LogP contribution in [0.15, 0.2) is 65.7 Å². The Labute approximate surface area is 155 Å². The number of urea groups is 1. The maximum absolute atomic E-state index is 12.5. The van der Waals surface area contributed by atoms with Gasteiger partial charge in [-0.05, 0) is 23.8 Å². The van der Waals surface area contributed by atoms with Crippen molar-refractivity contribution in [2.45, 2.75) is 10.9 Å². The molecule has 130 valence electrons. The minimum atomic E-state index is -4.18. The lowest BCUT2D eigenvalue weighted by molar-refractivity contribution is 0.181. The molecule has 0 saturated carbocycles. The minimum Gasteiger partial charge on any atom is -0.301 e. The monoisotopic (exact) mass is 397 g/mol. The van der Waals surface area contributed by atoms with Crippen LogP contribution in [-0.4, -0.2) is 19.5 Å². The second-order valence-corrected chi connectivity index (χ2v) is 7.61. The summed E-state index contributed by atoms with van der Waals surface area (Å²) in [6.45, 7) is 0. The number of sulfonamides is 1. The number of carbonyl (C=O) groups is 1. The average molecular weight is 398 g/mol. The van der Waals surface area contributed by atoms with E-state index in [0.29, 0.717) is 0 Å². The fraction of sp³-hybridized carbons (Fsp3) is 0.0625. The third kappa shape index (κ3) is 3.58. The molecule has 2 N–H and O–H groups in total.